The Morgan fingerprint density at radius 2 is 1.90 bits per heavy atom. The highest BCUT2D eigenvalue weighted by atomic mass is 16.5. The van der Waals surface area contributed by atoms with Gasteiger partial charge < -0.3 is 25.4 Å². The van der Waals surface area contributed by atoms with Gasteiger partial charge in [0.1, 0.15) is 18.0 Å². The van der Waals surface area contributed by atoms with Crippen molar-refractivity contribution in [2.75, 3.05) is 36.7 Å². The third-order valence-corrected chi connectivity index (χ3v) is 8.10. The Morgan fingerprint density at radius 1 is 1.15 bits per heavy atom. The quantitative estimate of drug-likeness (QED) is 0.324. The van der Waals surface area contributed by atoms with Crippen LogP contribution >= 0.6 is 0 Å². The zero-order valence-corrected chi connectivity index (χ0v) is 24.1. The van der Waals surface area contributed by atoms with Crippen molar-refractivity contribution < 1.29 is 14.3 Å². The lowest BCUT2D eigenvalue weighted by atomic mass is 9.67. The third-order valence-electron chi connectivity index (χ3n) is 8.10. The van der Waals surface area contributed by atoms with E-state index in [1.807, 2.05) is 43.0 Å². The van der Waals surface area contributed by atoms with Crippen molar-refractivity contribution in [2.24, 2.45) is 5.41 Å². The van der Waals surface area contributed by atoms with Crippen LogP contribution in [0.15, 0.2) is 72.1 Å². The second kappa shape index (κ2) is 11.1. The van der Waals surface area contributed by atoms with Crippen molar-refractivity contribution in [2.45, 2.75) is 39.7 Å². The predicted molar refractivity (Wildman–Crippen MR) is 162 cm³/mol. The summed E-state index contributed by atoms with van der Waals surface area (Å²) in [6.45, 7) is 6.63. The summed E-state index contributed by atoms with van der Waals surface area (Å²) in [4.78, 5) is 24.7. The minimum Gasteiger partial charge on any atom is -0.493 e. The van der Waals surface area contributed by atoms with Gasteiger partial charge in [0.05, 0.1) is 31.5 Å². The third kappa shape index (κ3) is 5.03. The molecule has 1 aromatic heterocycles. The number of hydrogen-bond donors (Lipinski definition) is 3. The molecule has 1 amide bonds. The Labute approximate surface area is 240 Å². The van der Waals surface area contributed by atoms with Crippen LogP contribution in [0.1, 0.15) is 43.4 Å². The fourth-order valence-corrected chi connectivity index (χ4v) is 6.10. The normalized spacial score (nSPS) is 20.1. The predicted octanol–water partition coefficient (Wildman–Crippen LogP) is 5.30. The van der Waals surface area contributed by atoms with Gasteiger partial charge in [-0.2, -0.15) is 0 Å². The number of benzene rings is 2. The molecule has 2 heterocycles. The first-order chi connectivity index (χ1) is 19.7. The fourth-order valence-electron chi connectivity index (χ4n) is 6.10. The van der Waals surface area contributed by atoms with E-state index in [2.05, 4.69) is 34.4 Å². The first-order valence-corrected chi connectivity index (χ1v) is 13.6. The number of aryl methyl sites for hydroxylation is 1. The lowest BCUT2D eigenvalue weighted by Crippen LogP contribution is -2.55. The Balaban J connectivity index is 1.50. The number of methoxy groups -OCH3 is 2. The minimum atomic E-state index is -0.276. The van der Waals surface area contributed by atoms with Crippen molar-refractivity contribution in [3.8, 4) is 11.5 Å². The molecular formula is C32H36N6O3. The highest BCUT2D eigenvalue weighted by Gasteiger charge is 2.47. The van der Waals surface area contributed by atoms with E-state index in [4.69, 9.17) is 20.6 Å². The molecule has 212 valence electrons. The summed E-state index contributed by atoms with van der Waals surface area (Å²) in [5.41, 5.74) is 11.0. The number of anilines is 3. The van der Waals surface area contributed by atoms with Crippen molar-refractivity contribution in [3.05, 3.63) is 88.8 Å². The highest BCUT2D eigenvalue weighted by molar-refractivity contribution is 6.16. The summed E-state index contributed by atoms with van der Waals surface area (Å²) >= 11 is 0. The summed E-state index contributed by atoms with van der Waals surface area (Å²) < 4.78 is 10.8. The molecule has 9 heteroatoms. The molecule has 1 aliphatic carbocycles. The Morgan fingerprint density at radius 3 is 2.63 bits per heavy atom. The van der Waals surface area contributed by atoms with Gasteiger partial charge >= 0.3 is 0 Å². The average Bonchev–Trinajstić information content (AvgIpc) is 2.95. The van der Waals surface area contributed by atoms with Crippen molar-refractivity contribution in [1.29, 1.82) is 5.41 Å². The van der Waals surface area contributed by atoms with E-state index in [1.54, 1.807) is 32.4 Å². The van der Waals surface area contributed by atoms with Gasteiger partial charge in [-0.1, -0.05) is 37.3 Å². The molecule has 1 fully saturated rings. The number of aromatic nitrogens is 2. The summed E-state index contributed by atoms with van der Waals surface area (Å²) in [5, 5.41) is 12.4. The van der Waals surface area contributed by atoms with Gasteiger partial charge in [-0.15, -0.1) is 0 Å². The first-order valence-electron chi connectivity index (χ1n) is 13.6. The van der Waals surface area contributed by atoms with E-state index in [1.165, 1.54) is 6.33 Å². The monoisotopic (exact) mass is 552 g/mol. The molecule has 1 saturated heterocycles. The first kappa shape index (κ1) is 27.9. The number of nitrogens with zero attached hydrogens (tertiary/aromatic N) is 3. The number of ether oxygens (including phenoxy) is 2. The van der Waals surface area contributed by atoms with Crippen LogP contribution in [0, 0.1) is 17.7 Å². The molecule has 1 aliphatic heterocycles. The number of hydrogen-bond acceptors (Lipinski definition) is 8. The van der Waals surface area contributed by atoms with Gasteiger partial charge in [0.15, 0.2) is 11.5 Å². The number of carbonyl (C=O) groups excluding carboxylic acids is 1. The molecule has 0 radical (unpaired) electrons. The molecule has 4 N–H and O–H groups in total. The number of para-hydroxylation sites is 1. The van der Waals surface area contributed by atoms with Crippen LogP contribution < -0.4 is 25.4 Å². The van der Waals surface area contributed by atoms with Crippen molar-refractivity contribution >= 4 is 28.9 Å². The lowest BCUT2D eigenvalue weighted by molar-refractivity contribution is -0.118. The molecule has 9 nitrogen and oxygen atoms in total. The Kier molecular flexibility index (Phi) is 7.53. The zero-order chi connectivity index (χ0) is 29.3. The van der Waals surface area contributed by atoms with E-state index in [0.717, 1.165) is 35.2 Å². The maximum Gasteiger partial charge on any atom is 0.255 e. The molecule has 0 spiro atoms. The lowest BCUT2D eigenvalue weighted by Gasteiger charge is -2.48. The van der Waals surface area contributed by atoms with Crippen LogP contribution in [0.2, 0.25) is 0 Å². The number of rotatable bonds is 8. The smallest absolute Gasteiger partial charge is 0.255 e. The van der Waals surface area contributed by atoms with Crippen LogP contribution in [-0.4, -0.2) is 48.4 Å². The average molecular weight is 553 g/mol. The SMILES string of the molecule is COc1ccc(C(=N)c2c(N)ncnc2NCC2CC3(C)CC=CC(C)=C3C(=O)N2c2ccccc2C)cc1OC. The van der Waals surface area contributed by atoms with Gasteiger partial charge in [0.25, 0.3) is 5.91 Å². The number of nitrogens with one attached hydrogen (secondary N) is 2. The van der Waals surface area contributed by atoms with Gasteiger partial charge in [-0.25, -0.2) is 9.97 Å². The standard InChI is InChI=1S/C32H36N6O3/c1-19-9-6-7-11-23(19)38-22(16-32(3)14-8-10-20(2)27(32)31(38)39)17-35-30-26(29(34)36-18-37-30)28(33)21-12-13-24(40-4)25(15-21)41-5/h6-13,15,18,22,33H,14,16-17H2,1-5H3,(H3,34,35,36,37). The molecule has 3 aromatic rings. The maximum absolute atomic E-state index is 14.2. The van der Waals surface area contributed by atoms with Crippen LogP contribution in [0.3, 0.4) is 0 Å². The molecule has 41 heavy (non-hydrogen) atoms. The van der Waals surface area contributed by atoms with Crippen LogP contribution in [0.4, 0.5) is 17.3 Å². The van der Waals surface area contributed by atoms with Crippen molar-refractivity contribution in [3.63, 3.8) is 0 Å². The van der Waals surface area contributed by atoms with Gasteiger partial charge in [0, 0.05) is 28.8 Å². The number of carbonyl (C=O) groups is 1. The molecule has 2 aliphatic rings. The molecule has 0 bridgehead atoms. The molecule has 2 aromatic carbocycles. The molecule has 2 atom stereocenters. The largest absolute Gasteiger partial charge is 0.493 e. The maximum atomic E-state index is 14.2. The van der Waals surface area contributed by atoms with Crippen LogP contribution in [-0.2, 0) is 4.79 Å². The van der Waals surface area contributed by atoms with E-state index in [0.29, 0.717) is 35.0 Å². The minimum absolute atomic E-state index is 0.0298. The van der Waals surface area contributed by atoms with E-state index >= 15 is 0 Å². The zero-order valence-electron chi connectivity index (χ0n) is 24.1. The molecule has 5 rings (SSSR count). The van der Waals surface area contributed by atoms with Gasteiger partial charge in [0.2, 0.25) is 0 Å². The Hall–Kier alpha value is -4.66. The Bertz CT molecular complexity index is 1580. The second-order valence-corrected chi connectivity index (χ2v) is 10.9. The summed E-state index contributed by atoms with van der Waals surface area (Å²) in [5.74, 6) is 1.71. The summed E-state index contributed by atoms with van der Waals surface area (Å²) in [6.07, 6.45) is 7.16. The molecule has 0 saturated carbocycles. The number of nitrogens with two attached hydrogens (primary N) is 1. The van der Waals surface area contributed by atoms with Crippen LogP contribution in [0.25, 0.3) is 0 Å². The number of nitrogen functional groups attached to an aromatic ring is 1. The highest BCUT2D eigenvalue weighted by Crippen LogP contribution is 2.48. The van der Waals surface area contributed by atoms with E-state index in [9.17, 15) is 4.79 Å². The summed E-state index contributed by atoms with van der Waals surface area (Å²) in [7, 11) is 3.11. The topological polar surface area (TPSA) is 126 Å². The molecular weight excluding hydrogens is 516 g/mol. The number of piperidine rings is 1. The number of fused-ring (bicyclic) bond motifs is 1. The van der Waals surface area contributed by atoms with Gasteiger partial charge in [-0.05, 0) is 62.1 Å². The number of allylic oxidation sites excluding steroid dienone is 3. The van der Waals surface area contributed by atoms with Crippen molar-refractivity contribution in [1.82, 2.24) is 9.97 Å². The van der Waals surface area contributed by atoms with Gasteiger partial charge in [-0.3, -0.25) is 10.2 Å². The number of amides is 1. The molecule has 2 unspecified atom stereocenters. The van der Waals surface area contributed by atoms with E-state index < -0.39 is 0 Å². The van der Waals surface area contributed by atoms with E-state index in [-0.39, 0.29) is 28.9 Å². The summed E-state index contributed by atoms with van der Waals surface area (Å²) in [6, 6.07) is 13.0. The van der Waals surface area contributed by atoms with Crippen LogP contribution in [0.5, 0.6) is 11.5 Å². The second-order valence-electron chi connectivity index (χ2n) is 10.9. The fraction of sp³-hybridized carbons (Fsp3) is 0.312.